The van der Waals surface area contributed by atoms with E-state index in [4.69, 9.17) is 25.4 Å². The fourth-order valence-electron chi connectivity index (χ4n) is 1.71. The number of nitrogens with two attached hydrogens (primary N) is 1. The highest BCUT2D eigenvalue weighted by Gasteiger charge is 2.55. The van der Waals surface area contributed by atoms with Crippen molar-refractivity contribution in [2.45, 2.75) is 30.1 Å². The molecule has 8 N–H and O–H groups in total. The lowest BCUT2D eigenvalue weighted by Crippen LogP contribution is -2.71. The molecule has 20 heavy (non-hydrogen) atoms. The van der Waals surface area contributed by atoms with Gasteiger partial charge in [-0.05, 0) is 0 Å². The Hall–Kier alpha value is -0.460. The highest BCUT2D eigenvalue weighted by molar-refractivity contribution is 7.46. The van der Waals surface area contributed by atoms with Crippen molar-refractivity contribution in [2.24, 2.45) is 5.73 Å². The molecule has 12 heteroatoms. The predicted molar refractivity (Wildman–Crippen MR) is 59.9 cm³/mol. The number of phosphoric acid groups is 1. The van der Waals surface area contributed by atoms with E-state index in [9.17, 15) is 24.7 Å². The Balaban J connectivity index is 2.92. The zero-order valence-corrected chi connectivity index (χ0v) is 11.0. The lowest BCUT2D eigenvalue weighted by atomic mass is 9.89. The summed E-state index contributed by atoms with van der Waals surface area (Å²) < 4.78 is 19.4. The number of rotatable bonds is 5. The molecule has 1 aliphatic heterocycles. The first kappa shape index (κ1) is 17.6. The molecule has 1 heterocycles. The molecule has 0 aliphatic carbocycles. The molecule has 0 bridgehead atoms. The van der Waals surface area contributed by atoms with Crippen molar-refractivity contribution in [3.63, 3.8) is 0 Å². The van der Waals surface area contributed by atoms with Gasteiger partial charge in [-0.15, -0.1) is 0 Å². The summed E-state index contributed by atoms with van der Waals surface area (Å²) in [6, 6.07) is -1.76. The molecule has 5 atom stereocenters. The molecule has 1 saturated heterocycles. The molecule has 0 radical (unpaired) electrons. The normalized spacial score (nSPS) is 38.8. The fourth-order valence-corrected chi connectivity index (χ4v) is 2.05. The second kappa shape index (κ2) is 6.12. The maximum atomic E-state index is 11.4. The van der Waals surface area contributed by atoms with Crippen LogP contribution in [0.5, 0.6) is 0 Å². The molecule has 1 rings (SSSR count). The zero-order chi connectivity index (χ0) is 15.7. The smallest absolute Gasteiger partial charge is 0.388 e. The van der Waals surface area contributed by atoms with Crippen LogP contribution in [0.3, 0.4) is 0 Å². The summed E-state index contributed by atoms with van der Waals surface area (Å²) in [5, 5.41) is 37.9. The number of aliphatic hydroxyl groups excluding tert-OH is 3. The molecule has 0 aromatic heterocycles. The van der Waals surface area contributed by atoms with Crippen molar-refractivity contribution in [1.82, 2.24) is 0 Å². The number of hydrogen-bond acceptors (Lipinski definition) is 9. The van der Waals surface area contributed by atoms with E-state index in [1.165, 1.54) is 0 Å². The maximum absolute atomic E-state index is 11.4. The van der Waals surface area contributed by atoms with E-state index >= 15 is 0 Å². The van der Waals surface area contributed by atoms with Gasteiger partial charge in [0.05, 0.1) is 12.6 Å². The lowest BCUT2D eigenvalue weighted by Gasteiger charge is -2.45. The van der Waals surface area contributed by atoms with Crippen LogP contribution in [0.2, 0.25) is 0 Å². The number of Topliss-reactive ketones (excluding diaryl/α,β-unsaturated/α-hetero) is 1. The molecule has 0 aromatic rings. The second-order valence-corrected chi connectivity index (χ2v) is 5.47. The van der Waals surface area contributed by atoms with Crippen LogP contribution in [0.15, 0.2) is 0 Å². The van der Waals surface area contributed by atoms with Crippen molar-refractivity contribution >= 4 is 13.6 Å². The van der Waals surface area contributed by atoms with Gasteiger partial charge in [-0.2, -0.15) is 0 Å². The van der Waals surface area contributed by atoms with Crippen molar-refractivity contribution in [3.05, 3.63) is 0 Å². The summed E-state index contributed by atoms with van der Waals surface area (Å²) in [4.78, 5) is 28.5. The van der Waals surface area contributed by atoms with E-state index in [1.807, 2.05) is 0 Å². The van der Waals surface area contributed by atoms with E-state index in [2.05, 4.69) is 4.52 Å². The Morgan fingerprint density at radius 3 is 2.35 bits per heavy atom. The number of carbonyl (C=O) groups is 1. The summed E-state index contributed by atoms with van der Waals surface area (Å²) in [6.07, 6.45) is -5.24. The van der Waals surface area contributed by atoms with Gasteiger partial charge >= 0.3 is 7.82 Å². The van der Waals surface area contributed by atoms with Gasteiger partial charge in [-0.1, -0.05) is 0 Å². The number of aliphatic hydroxyl groups is 4. The third-order valence-corrected chi connectivity index (χ3v) is 3.32. The van der Waals surface area contributed by atoms with Gasteiger partial charge in [0.15, 0.2) is 0 Å². The second-order valence-electron chi connectivity index (χ2n) is 4.23. The van der Waals surface area contributed by atoms with Gasteiger partial charge in [0.25, 0.3) is 0 Å². The molecule has 0 aromatic carbocycles. The standard InChI is InChI=1S/C8H16NO10P/c9-7-6(13)5(12)3(2-18-20(15,16)17)19-8(7,14)4(11)1-10/h3,5-7,10,12-14H,1-2,9H2,(H2,15,16,17)/t3-,5-,6+,7-,8?/m1/s1. The van der Waals surface area contributed by atoms with Crippen molar-refractivity contribution in [2.75, 3.05) is 13.2 Å². The van der Waals surface area contributed by atoms with Gasteiger partial charge in [-0.3, -0.25) is 9.32 Å². The van der Waals surface area contributed by atoms with Crippen LogP contribution < -0.4 is 5.73 Å². The SMILES string of the molecule is N[C@@H]1[C@@H](O)[C@H](O)[C@@H](COP(=O)(O)O)OC1(O)C(=O)CO. The van der Waals surface area contributed by atoms with Crippen molar-refractivity contribution < 1.29 is 48.8 Å². The number of phosphoric ester groups is 1. The molecule has 1 aliphatic rings. The highest BCUT2D eigenvalue weighted by atomic mass is 31.2. The number of carbonyl (C=O) groups excluding carboxylic acids is 1. The average Bonchev–Trinajstić information content (AvgIpc) is 2.37. The number of ether oxygens (including phenoxy) is 1. The van der Waals surface area contributed by atoms with E-state index in [1.54, 1.807) is 0 Å². The van der Waals surface area contributed by atoms with Crippen LogP contribution >= 0.6 is 7.82 Å². The van der Waals surface area contributed by atoms with E-state index in [-0.39, 0.29) is 0 Å². The third-order valence-electron chi connectivity index (χ3n) is 2.83. The van der Waals surface area contributed by atoms with Crippen molar-refractivity contribution in [3.8, 4) is 0 Å². The summed E-state index contributed by atoms with van der Waals surface area (Å²) in [5.74, 6) is -4.09. The molecule has 0 spiro atoms. The topological polar surface area (TPSA) is 200 Å². The summed E-state index contributed by atoms with van der Waals surface area (Å²) >= 11 is 0. The minimum absolute atomic E-state index is 0.920. The Morgan fingerprint density at radius 1 is 1.35 bits per heavy atom. The highest BCUT2D eigenvalue weighted by Crippen LogP contribution is 2.37. The summed E-state index contributed by atoms with van der Waals surface area (Å²) in [5.41, 5.74) is 5.36. The quantitative estimate of drug-likeness (QED) is 0.242. The van der Waals surface area contributed by atoms with Crippen LogP contribution in [0.1, 0.15) is 0 Å². The minimum Gasteiger partial charge on any atom is -0.388 e. The minimum atomic E-state index is -4.89. The van der Waals surface area contributed by atoms with E-state index in [0.717, 1.165) is 0 Å². The Labute approximate surface area is 112 Å². The number of ketones is 1. The van der Waals surface area contributed by atoms with Crippen LogP contribution in [-0.2, 0) is 18.6 Å². The van der Waals surface area contributed by atoms with E-state index in [0.29, 0.717) is 0 Å². The maximum Gasteiger partial charge on any atom is 0.469 e. The summed E-state index contributed by atoms with van der Waals surface area (Å²) in [6.45, 7) is -2.07. The van der Waals surface area contributed by atoms with Crippen molar-refractivity contribution in [1.29, 1.82) is 0 Å². The van der Waals surface area contributed by atoms with Gasteiger partial charge in [0, 0.05) is 0 Å². The molecule has 1 unspecified atom stereocenters. The molecule has 0 saturated carbocycles. The van der Waals surface area contributed by atoms with Gasteiger partial charge in [0.1, 0.15) is 24.9 Å². The van der Waals surface area contributed by atoms with Gasteiger partial charge in [-0.25, -0.2) is 4.57 Å². The van der Waals surface area contributed by atoms with Crippen LogP contribution in [0.25, 0.3) is 0 Å². The average molecular weight is 317 g/mol. The zero-order valence-electron chi connectivity index (χ0n) is 10.1. The molecule has 0 amide bonds. The van der Waals surface area contributed by atoms with Crippen LogP contribution in [0, 0.1) is 0 Å². The fraction of sp³-hybridized carbons (Fsp3) is 0.875. The van der Waals surface area contributed by atoms with Gasteiger partial charge in [0.2, 0.25) is 11.6 Å². The first-order valence-corrected chi connectivity index (χ1v) is 6.92. The third kappa shape index (κ3) is 3.59. The molecular formula is C8H16NO10P. The summed E-state index contributed by atoms with van der Waals surface area (Å²) in [7, 11) is -4.89. The van der Waals surface area contributed by atoms with Gasteiger partial charge < -0.3 is 40.7 Å². The largest absolute Gasteiger partial charge is 0.469 e. The van der Waals surface area contributed by atoms with Crippen LogP contribution in [-0.4, -0.2) is 79.4 Å². The molecule has 118 valence electrons. The first-order chi connectivity index (χ1) is 9.03. The molecule has 1 fully saturated rings. The van der Waals surface area contributed by atoms with Crippen LogP contribution in [0.4, 0.5) is 0 Å². The number of hydrogen-bond donors (Lipinski definition) is 7. The molecule has 11 nitrogen and oxygen atoms in total. The lowest BCUT2D eigenvalue weighted by molar-refractivity contribution is -0.297. The monoisotopic (exact) mass is 317 g/mol. The Kier molecular flexibility index (Phi) is 5.38. The molecular weight excluding hydrogens is 301 g/mol. The Morgan fingerprint density at radius 2 is 1.90 bits per heavy atom. The Bertz CT molecular complexity index is 412. The predicted octanol–water partition coefficient (Wildman–Crippen LogP) is -4.21. The van der Waals surface area contributed by atoms with E-state index < -0.39 is 57.0 Å². The first-order valence-electron chi connectivity index (χ1n) is 5.39.